The largest absolute Gasteiger partial charge is 0.493 e. The van der Waals surface area contributed by atoms with Crippen molar-refractivity contribution in [2.45, 2.75) is 13.2 Å². The molecule has 8 heteroatoms. The van der Waals surface area contributed by atoms with Crippen molar-refractivity contribution < 1.29 is 13.9 Å². The van der Waals surface area contributed by atoms with E-state index in [-0.39, 0.29) is 17.2 Å². The lowest BCUT2D eigenvalue weighted by molar-refractivity contribution is 0.280. The van der Waals surface area contributed by atoms with Gasteiger partial charge >= 0.3 is 0 Å². The van der Waals surface area contributed by atoms with Crippen LogP contribution in [0.5, 0.6) is 11.5 Å². The van der Waals surface area contributed by atoms with E-state index in [2.05, 4.69) is 5.32 Å². The first-order valence-electron chi connectivity index (χ1n) is 8.49. The highest BCUT2D eigenvalue weighted by Crippen LogP contribution is 2.38. The summed E-state index contributed by atoms with van der Waals surface area (Å²) in [6, 6.07) is 13.2. The first kappa shape index (κ1) is 21.8. The van der Waals surface area contributed by atoms with Crippen LogP contribution in [0.4, 0.5) is 10.1 Å². The van der Waals surface area contributed by atoms with Crippen molar-refractivity contribution in [1.82, 2.24) is 0 Å². The molecule has 0 heterocycles. The molecule has 0 aromatic heterocycles. The molecule has 0 unspecified atom stereocenters. The quantitative estimate of drug-likeness (QED) is 0.381. The fourth-order valence-electron chi connectivity index (χ4n) is 2.69. The van der Waals surface area contributed by atoms with Gasteiger partial charge in [0.1, 0.15) is 12.4 Å². The van der Waals surface area contributed by atoms with E-state index >= 15 is 0 Å². The van der Waals surface area contributed by atoms with Gasteiger partial charge in [0.25, 0.3) is 0 Å². The molecule has 0 saturated carbocycles. The lowest BCUT2D eigenvalue weighted by Crippen LogP contribution is -2.04. The number of benzene rings is 3. The van der Waals surface area contributed by atoms with Gasteiger partial charge in [0.15, 0.2) is 11.5 Å². The number of hydrogen-bond acceptors (Lipinski definition) is 3. The van der Waals surface area contributed by atoms with Gasteiger partial charge < -0.3 is 14.8 Å². The Hall–Kier alpha value is -1.85. The van der Waals surface area contributed by atoms with Gasteiger partial charge in [0.05, 0.1) is 17.2 Å². The Balaban J connectivity index is 1.76. The van der Waals surface area contributed by atoms with Crippen LogP contribution in [0, 0.1) is 5.82 Å². The van der Waals surface area contributed by atoms with E-state index in [4.69, 9.17) is 55.9 Å². The van der Waals surface area contributed by atoms with Crippen molar-refractivity contribution in [1.29, 1.82) is 0 Å². The van der Waals surface area contributed by atoms with Crippen LogP contribution in [0.2, 0.25) is 20.1 Å². The maximum atomic E-state index is 14.0. The minimum absolute atomic E-state index is 0.0831. The third kappa shape index (κ3) is 5.61. The fourth-order valence-corrected chi connectivity index (χ4v) is 3.72. The average Bonchev–Trinajstić information content (AvgIpc) is 2.66. The molecule has 0 radical (unpaired) electrons. The number of anilines is 1. The van der Waals surface area contributed by atoms with Crippen molar-refractivity contribution in [3.05, 3.63) is 85.6 Å². The molecule has 0 bridgehead atoms. The monoisotopic (exact) mass is 473 g/mol. The third-order valence-electron chi connectivity index (χ3n) is 4.07. The van der Waals surface area contributed by atoms with E-state index in [9.17, 15) is 4.39 Å². The van der Waals surface area contributed by atoms with E-state index in [1.54, 1.807) is 36.4 Å². The maximum absolute atomic E-state index is 14.0. The number of hydrogen-bond donors (Lipinski definition) is 1. The molecule has 152 valence electrons. The van der Waals surface area contributed by atoms with Gasteiger partial charge in [-0.2, -0.15) is 0 Å². The Bertz CT molecular complexity index is 989. The van der Waals surface area contributed by atoms with Crippen molar-refractivity contribution in [3.63, 3.8) is 0 Å². The minimum atomic E-state index is -0.450. The average molecular weight is 475 g/mol. The predicted octanol–water partition coefficient (Wildman–Crippen LogP) is 7.64. The summed E-state index contributed by atoms with van der Waals surface area (Å²) in [5, 5.41) is 4.90. The fraction of sp³-hybridized carbons (Fsp3) is 0.143. The zero-order valence-electron chi connectivity index (χ0n) is 15.2. The SMILES string of the molecule is COc1cc(CNc2cc(Cl)cc(Cl)c2)cc(Cl)c1OCc1c(F)cccc1Cl. The molecule has 0 amide bonds. The van der Waals surface area contributed by atoms with E-state index in [1.165, 1.54) is 19.2 Å². The molecule has 0 aliphatic rings. The summed E-state index contributed by atoms with van der Waals surface area (Å²) in [5.41, 5.74) is 1.86. The van der Waals surface area contributed by atoms with Gasteiger partial charge in [-0.15, -0.1) is 0 Å². The van der Waals surface area contributed by atoms with Crippen LogP contribution in [0.3, 0.4) is 0 Å². The standard InChI is InChI=1S/C21H16Cl4FNO2/c1-28-20-6-12(10-27-15-8-13(22)7-14(23)9-15)5-18(25)21(20)29-11-16-17(24)3-2-4-19(16)26/h2-9,27H,10-11H2,1H3. The molecule has 0 fully saturated rings. The number of nitrogens with one attached hydrogen (secondary N) is 1. The smallest absolute Gasteiger partial charge is 0.180 e. The second-order valence-corrected chi connectivity index (χ2v) is 7.80. The Labute approximate surface area is 188 Å². The normalized spacial score (nSPS) is 10.7. The molecule has 0 aliphatic heterocycles. The Kier molecular flexibility index (Phi) is 7.36. The highest BCUT2D eigenvalue weighted by atomic mass is 35.5. The van der Waals surface area contributed by atoms with Gasteiger partial charge in [-0.25, -0.2) is 4.39 Å². The van der Waals surface area contributed by atoms with Crippen LogP contribution < -0.4 is 14.8 Å². The minimum Gasteiger partial charge on any atom is -0.493 e. The van der Waals surface area contributed by atoms with Gasteiger partial charge in [0, 0.05) is 27.8 Å². The molecule has 3 aromatic carbocycles. The summed E-state index contributed by atoms with van der Waals surface area (Å²) in [6.45, 7) is 0.367. The van der Waals surface area contributed by atoms with Gasteiger partial charge in [-0.05, 0) is 48.0 Å². The maximum Gasteiger partial charge on any atom is 0.180 e. The van der Waals surface area contributed by atoms with Crippen LogP contribution in [0.15, 0.2) is 48.5 Å². The molecule has 0 spiro atoms. The van der Waals surface area contributed by atoms with Crippen LogP contribution >= 0.6 is 46.4 Å². The summed E-state index contributed by atoms with van der Waals surface area (Å²) < 4.78 is 25.1. The van der Waals surface area contributed by atoms with E-state index in [0.29, 0.717) is 33.1 Å². The van der Waals surface area contributed by atoms with Crippen molar-refractivity contribution >= 4 is 52.1 Å². The number of halogens is 5. The van der Waals surface area contributed by atoms with Crippen LogP contribution in [0.25, 0.3) is 0 Å². The molecular weight excluding hydrogens is 459 g/mol. The molecule has 29 heavy (non-hydrogen) atoms. The summed E-state index contributed by atoms with van der Waals surface area (Å²) >= 11 is 24.5. The van der Waals surface area contributed by atoms with Crippen LogP contribution in [-0.4, -0.2) is 7.11 Å². The van der Waals surface area contributed by atoms with E-state index < -0.39 is 5.82 Å². The van der Waals surface area contributed by atoms with E-state index in [0.717, 1.165) is 11.3 Å². The lowest BCUT2D eigenvalue weighted by atomic mass is 10.2. The second-order valence-electron chi connectivity index (χ2n) is 6.11. The Morgan fingerprint density at radius 1 is 0.931 bits per heavy atom. The van der Waals surface area contributed by atoms with Gasteiger partial charge in [-0.3, -0.25) is 0 Å². The summed E-state index contributed by atoms with van der Waals surface area (Å²) in [6.07, 6.45) is 0. The molecule has 0 saturated heterocycles. The Morgan fingerprint density at radius 2 is 1.66 bits per heavy atom. The molecule has 3 nitrogen and oxygen atoms in total. The molecule has 1 N–H and O–H groups in total. The molecule has 3 rings (SSSR count). The van der Waals surface area contributed by atoms with Crippen LogP contribution in [-0.2, 0) is 13.2 Å². The highest BCUT2D eigenvalue weighted by Gasteiger charge is 2.15. The van der Waals surface area contributed by atoms with Gasteiger partial charge in [0.2, 0.25) is 0 Å². The lowest BCUT2D eigenvalue weighted by Gasteiger charge is -2.16. The molecular formula is C21H16Cl4FNO2. The molecule has 0 aliphatic carbocycles. The number of rotatable bonds is 7. The third-order valence-corrected chi connectivity index (χ3v) is 5.14. The first-order chi connectivity index (χ1) is 13.9. The summed E-state index contributed by atoms with van der Waals surface area (Å²) in [4.78, 5) is 0. The zero-order valence-corrected chi connectivity index (χ0v) is 18.3. The zero-order chi connectivity index (χ0) is 21.0. The van der Waals surface area contributed by atoms with Crippen molar-refractivity contribution in [3.8, 4) is 11.5 Å². The van der Waals surface area contributed by atoms with E-state index in [1.807, 2.05) is 0 Å². The summed E-state index contributed by atoms with van der Waals surface area (Å²) in [7, 11) is 1.50. The number of ether oxygens (including phenoxy) is 2. The number of methoxy groups -OCH3 is 1. The molecule has 0 atom stereocenters. The first-order valence-corrected chi connectivity index (χ1v) is 10.0. The summed E-state index contributed by atoms with van der Waals surface area (Å²) in [5.74, 6) is 0.280. The second kappa shape index (κ2) is 9.77. The highest BCUT2D eigenvalue weighted by molar-refractivity contribution is 6.35. The predicted molar refractivity (Wildman–Crippen MR) is 118 cm³/mol. The molecule has 3 aromatic rings. The topological polar surface area (TPSA) is 30.5 Å². The van der Waals surface area contributed by atoms with Gasteiger partial charge in [-0.1, -0.05) is 52.5 Å². The van der Waals surface area contributed by atoms with Crippen molar-refractivity contribution in [2.24, 2.45) is 0 Å². The Morgan fingerprint density at radius 3 is 2.31 bits per heavy atom. The van der Waals surface area contributed by atoms with Crippen LogP contribution in [0.1, 0.15) is 11.1 Å². The van der Waals surface area contributed by atoms with Crippen molar-refractivity contribution in [2.75, 3.05) is 12.4 Å².